The molecule has 0 spiro atoms. The highest BCUT2D eigenvalue weighted by Gasteiger charge is 2.21. The zero-order valence-electron chi connectivity index (χ0n) is 12.0. The number of hydrogen-bond donors (Lipinski definition) is 3. The summed E-state index contributed by atoms with van der Waals surface area (Å²) in [7, 11) is 0. The first-order chi connectivity index (χ1) is 9.99. The maximum Gasteiger partial charge on any atom is 0.346 e. The number of fused-ring (bicyclic) bond motifs is 1. The SMILES string of the molecule is CSC(CO)C(C)Nc1ncnc2sc(C(=O)O)c(C)c12. The maximum absolute atomic E-state index is 11.2. The number of aliphatic hydroxyl groups is 1. The van der Waals surface area contributed by atoms with Crippen LogP contribution in [0.3, 0.4) is 0 Å². The van der Waals surface area contributed by atoms with Crippen molar-refractivity contribution in [1.29, 1.82) is 0 Å². The molecule has 2 unspecified atom stereocenters. The van der Waals surface area contributed by atoms with Crippen molar-refractivity contribution in [3.63, 3.8) is 0 Å². The van der Waals surface area contributed by atoms with Crippen molar-refractivity contribution in [2.24, 2.45) is 0 Å². The van der Waals surface area contributed by atoms with Crippen LogP contribution in [0.1, 0.15) is 22.2 Å². The van der Waals surface area contributed by atoms with E-state index in [1.165, 1.54) is 6.33 Å². The lowest BCUT2D eigenvalue weighted by molar-refractivity contribution is 0.0701. The molecule has 6 nitrogen and oxygen atoms in total. The number of aliphatic hydroxyl groups excluding tert-OH is 1. The summed E-state index contributed by atoms with van der Waals surface area (Å²) in [6.07, 6.45) is 3.36. The summed E-state index contributed by atoms with van der Waals surface area (Å²) < 4.78 is 0. The average Bonchev–Trinajstić information content (AvgIpc) is 2.79. The monoisotopic (exact) mass is 327 g/mol. The van der Waals surface area contributed by atoms with Crippen molar-refractivity contribution in [1.82, 2.24) is 9.97 Å². The number of anilines is 1. The summed E-state index contributed by atoms with van der Waals surface area (Å²) in [5.74, 6) is -0.340. The van der Waals surface area contributed by atoms with E-state index in [4.69, 9.17) is 0 Å². The van der Waals surface area contributed by atoms with Gasteiger partial charge in [0.1, 0.15) is 21.9 Å². The first-order valence-electron chi connectivity index (χ1n) is 6.37. The molecule has 2 aromatic rings. The fraction of sp³-hybridized carbons (Fsp3) is 0.462. The lowest BCUT2D eigenvalue weighted by Crippen LogP contribution is -2.31. The molecule has 0 aliphatic heterocycles. The van der Waals surface area contributed by atoms with Gasteiger partial charge in [-0.15, -0.1) is 11.3 Å². The van der Waals surface area contributed by atoms with E-state index >= 15 is 0 Å². The van der Waals surface area contributed by atoms with Crippen molar-refractivity contribution >= 4 is 45.1 Å². The Kier molecular flexibility index (Phi) is 5.02. The molecule has 2 heterocycles. The maximum atomic E-state index is 11.2. The van der Waals surface area contributed by atoms with Gasteiger partial charge in [-0.3, -0.25) is 0 Å². The highest BCUT2D eigenvalue weighted by Crippen LogP contribution is 2.33. The van der Waals surface area contributed by atoms with Crippen molar-refractivity contribution in [2.75, 3.05) is 18.2 Å². The van der Waals surface area contributed by atoms with Gasteiger partial charge in [-0.1, -0.05) is 0 Å². The zero-order valence-corrected chi connectivity index (χ0v) is 13.6. The summed E-state index contributed by atoms with van der Waals surface area (Å²) in [6.45, 7) is 3.79. The van der Waals surface area contributed by atoms with Gasteiger partial charge in [-0.2, -0.15) is 11.8 Å². The average molecular weight is 327 g/mol. The van der Waals surface area contributed by atoms with Crippen LogP contribution in [0.25, 0.3) is 10.2 Å². The Bertz CT molecular complexity index is 655. The smallest absolute Gasteiger partial charge is 0.346 e. The molecule has 0 aliphatic carbocycles. The van der Waals surface area contributed by atoms with Gasteiger partial charge < -0.3 is 15.5 Å². The van der Waals surface area contributed by atoms with Crippen LogP contribution in [0.2, 0.25) is 0 Å². The molecule has 21 heavy (non-hydrogen) atoms. The van der Waals surface area contributed by atoms with Crippen LogP contribution in [-0.4, -0.2) is 50.3 Å². The lowest BCUT2D eigenvalue weighted by atomic mass is 10.2. The number of rotatable bonds is 6. The van der Waals surface area contributed by atoms with E-state index in [0.717, 1.165) is 16.7 Å². The predicted octanol–water partition coefficient (Wildman–Crippen LogP) is 2.22. The number of nitrogens with one attached hydrogen (secondary N) is 1. The molecule has 0 bridgehead atoms. The van der Waals surface area contributed by atoms with Crippen LogP contribution >= 0.6 is 23.1 Å². The molecule has 0 fully saturated rings. The first kappa shape index (κ1) is 16.0. The number of thioether (sulfide) groups is 1. The van der Waals surface area contributed by atoms with Crippen LogP contribution in [0.5, 0.6) is 0 Å². The number of aromatic carboxylic acids is 1. The Hall–Kier alpha value is -1.38. The second-order valence-electron chi connectivity index (χ2n) is 4.65. The standard InChI is InChI=1S/C13H17N3O3S2/c1-6-9-11(16-7(2)8(4-17)20-3)14-5-15-12(9)21-10(6)13(18)19/h5,7-8,17H,4H2,1-3H3,(H,18,19)(H,14,15,16). The number of hydrogen-bond acceptors (Lipinski definition) is 7. The van der Waals surface area contributed by atoms with Gasteiger partial charge in [0, 0.05) is 11.3 Å². The van der Waals surface area contributed by atoms with Crippen molar-refractivity contribution in [3.8, 4) is 0 Å². The second kappa shape index (κ2) is 6.59. The van der Waals surface area contributed by atoms with Crippen molar-refractivity contribution in [3.05, 3.63) is 16.8 Å². The van der Waals surface area contributed by atoms with Crippen LogP contribution in [-0.2, 0) is 0 Å². The van der Waals surface area contributed by atoms with Gasteiger partial charge in [-0.25, -0.2) is 14.8 Å². The Labute approximate surface area is 130 Å². The Morgan fingerprint density at radius 2 is 2.24 bits per heavy atom. The summed E-state index contributed by atoms with van der Waals surface area (Å²) in [6, 6.07) is -0.00400. The van der Waals surface area contributed by atoms with Crippen LogP contribution < -0.4 is 5.32 Å². The fourth-order valence-corrected chi connectivity index (χ4v) is 3.74. The molecule has 2 aromatic heterocycles. The minimum absolute atomic E-state index is 0.00400. The number of nitrogens with zero attached hydrogens (tertiary/aromatic N) is 2. The van der Waals surface area contributed by atoms with Gasteiger partial charge in [0.15, 0.2) is 0 Å². The van der Waals surface area contributed by atoms with E-state index in [-0.39, 0.29) is 22.8 Å². The van der Waals surface area contributed by atoms with Crippen LogP contribution in [0.4, 0.5) is 5.82 Å². The molecule has 114 valence electrons. The third-order valence-electron chi connectivity index (χ3n) is 3.33. The minimum Gasteiger partial charge on any atom is -0.477 e. The molecular weight excluding hydrogens is 310 g/mol. The van der Waals surface area contributed by atoms with E-state index < -0.39 is 5.97 Å². The molecule has 0 radical (unpaired) electrons. The Balaban J connectivity index is 2.43. The van der Waals surface area contributed by atoms with Gasteiger partial charge in [0.2, 0.25) is 0 Å². The quantitative estimate of drug-likeness (QED) is 0.748. The van der Waals surface area contributed by atoms with Crippen molar-refractivity contribution in [2.45, 2.75) is 25.1 Å². The summed E-state index contributed by atoms with van der Waals surface area (Å²) in [5, 5.41) is 22.6. The van der Waals surface area contributed by atoms with Gasteiger partial charge >= 0.3 is 5.97 Å². The van der Waals surface area contributed by atoms with Gasteiger partial charge in [0.25, 0.3) is 0 Å². The van der Waals surface area contributed by atoms with Crippen molar-refractivity contribution < 1.29 is 15.0 Å². The van der Waals surface area contributed by atoms with E-state index in [9.17, 15) is 15.0 Å². The zero-order chi connectivity index (χ0) is 15.6. The largest absolute Gasteiger partial charge is 0.477 e. The molecule has 0 saturated carbocycles. The molecule has 0 aliphatic rings. The fourth-order valence-electron chi connectivity index (χ4n) is 2.13. The highest BCUT2D eigenvalue weighted by molar-refractivity contribution is 7.99. The molecule has 0 aromatic carbocycles. The van der Waals surface area contributed by atoms with E-state index in [2.05, 4.69) is 15.3 Å². The van der Waals surface area contributed by atoms with Crippen LogP contribution in [0, 0.1) is 6.92 Å². The third-order valence-corrected chi connectivity index (χ3v) is 5.68. The number of carboxylic acids is 1. The second-order valence-corrected chi connectivity index (χ2v) is 6.73. The minimum atomic E-state index is -0.952. The molecule has 0 amide bonds. The van der Waals surface area contributed by atoms with E-state index in [1.807, 2.05) is 13.2 Å². The Morgan fingerprint density at radius 1 is 1.52 bits per heavy atom. The molecule has 2 rings (SSSR count). The summed E-state index contributed by atoms with van der Waals surface area (Å²) >= 11 is 2.72. The highest BCUT2D eigenvalue weighted by atomic mass is 32.2. The van der Waals surface area contributed by atoms with Gasteiger partial charge in [-0.05, 0) is 25.7 Å². The number of aryl methyl sites for hydroxylation is 1. The molecular formula is C13H17N3O3S2. The lowest BCUT2D eigenvalue weighted by Gasteiger charge is -2.22. The van der Waals surface area contributed by atoms with Gasteiger partial charge in [0.05, 0.1) is 12.0 Å². The molecule has 8 heteroatoms. The number of carboxylic acid groups (broad SMARTS) is 1. The number of carbonyl (C=O) groups is 1. The van der Waals surface area contributed by atoms with Crippen LogP contribution in [0.15, 0.2) is 6.33 Å². The summed E-state index contributed by atoms with van der Waals surface area (Å²) in [4.78, 5) is 20.5. The predicted molar refractivity (Wildman–Crippen MR) is 86.6 cm³/mol. The van der Waals surface area contributed by atoms with E-state index in [0.29, 0.717) is 16.2 Å². The normalized spacial score (nSPS) is 14.1. The molecule has 2 atom stereocenters. The molecule has 3 N–H and O–H groups in total. The topological polar surface area (TPSA) is 95.3 Å². The number of thiophene rings is 1. The number of aromatic nitrogens is 2. The summed E-state index contributed by atoms with van der Waals surface area (Å²) in [5.41, 5.74) is 0.669. The third kappa shape index (κ3) is 3.12. The first-order valence-corrected chi connectivity index (χ1v) is 8.47. The Morgan fingerprint density at radius 3 is 2.81 bits per heavy atom. The van der Waals surface area contributed by atoms with E-state index in [1.54, 1.807) is 18.7 Å². The molecule has 0 saturated heterocycles.